The number of hydrogen-bond acceptors (Lipinski definition) is 5. The molecule has 1 aromatic heterocycles. The second-order valence-corrected chi connectivity index (χ2v) is 9.64. The molecule has 0 aliphatic carbocycles. The second kappa shape index (κ2) is 10.3. The molecule has 1 heterocycles. The average Bonchev–Trinajstić information content (AvgIpc) is 2.96. The molecule has 38 heavy (non-hydrogen) atoms. The van der Waals surface area contributed by atoms with Gasteiger partial charge in [0.05, 0.1) is 28.6 Å². The van der Waals surface area contributed by atoms with Crippen molar-refractivity contribution in [1.29, 1.82) is 0 Å². The van der Waals surface area contributed by atoms with Crippen molar-refractivity contribution in [3.05, 3.63) is 125 Å². The van der Waals surface area contributed by atoms with Crippen LogP contribution in [0.1, 0.15) is 5.56 Å². The highest BCUT2D eigenvalue weighted by Gasteiger charge is 2.14. The first-order valence-electron chi connectivity index (χ1n) is 12.1. The van der Waals surface area contributed by atoms with Crippen LogP contribution in [-0.4, -0.2) is 27.4 Å². The van der Waals surface area contributed by atoms with Crippen LogP contribution in [0.2, 0.25) is 0 Å². The van der Waals surface area contributed by atoms with E-state index < -0.39 is 0 Å². The lowest BCUT2D eigenvalue weighted by molar-refractivity contribution is -0.118. The topological polar surface area (TPSA) is 76.3 Å². The minimum atomic E-state index is -0.294. The fourth-order valence-electron chi connectivity index (χ4n) is 4.53. The van der Waals surface area contributed by atoms with Crippen molar-refractivity contribution in [2.24, 2.45) is 5.10 Å². The zero-order chi connectivity index (χ0) is 25.9. The molecule has 0 fully saturated rings. The Labute approximate surface area is 222 Å². The number of amides is 1. The first kappa shape index (κ1) is 23.6. The summed E-state index contributed by atoms with van der Waals surface area (Å²) < 4.78 is 1.55. The van der Waals surface area contributed by atoms with Crippen LogP contribution in [0, 0.1) is 0 Å². The maximum Gasteiger partial charge on any atom is 0.266 e. The normalized spacial score (nSPS) is 11.5. The van der Waals surface area contributed by atoms with Crippen molar-refractivity contribution >= 4 is 56.3 Å². The van der Waals surface area contributed by atoms with E-state index in [0.717, 1.165) is 27.1 Å². The second-order valence-electron chi connectivity index (χ2n) is 8.70. The summed E-state index contributed by atoms with van der Waals surface area (Å²) >= 11 is 1.20. The van der Waals surface area contributed by atoms with Gasteiger partial charge in [-0.25, -0.2) is 10.4 Å². The lowest BCUT2D eigenvalue weighted by Gasteiger charge is -2.12. The van der Waals surface area contributed by atoms with Gasteiger partial charge in [0.1, 0.15) is 0 Å². The Kier molecular flexibility index (Phi) is 6.42. The van der Waals surface area contributed by atoms with E-state index >= 15 is 0 Å². The van der Waals surface area contributed by atoms with Crippen LogP contribution in [0.3, 0.4) is 0 Å². The van der Waals surface area contributed by atoms with Crippen LogP contribution in [0.15, 0.2) is 124 Å². The fraction of sp³-hybridized carbons (Fsp3) is 0.0323. The van der Waals surface area contributed by atoms with Crippen molar-refractivity contribution < 1.29 is 4.79 Å². The molecule has 6 aromatic rings. The van der Waals surface area contributed by atoms with Gasteiger partial charge in [0.15, 0.2) is 5.16 Å². The number of para-hydroxylation sites is 2. The van der Waals surface area contributed by atoms with Crippen LogP contribution in [0.5, 0.6) is 0 Å². The number of rotatable bonds is 6. The number of hydrogen-bond donors (Lipinski definition) is 1. The van der Waals surface area contributed by atoms with Crippen molar-refractivity contribution in [2.45, 2.75) is 5.16 Å². The number of aromatic nitrogens is 2. The molecular formula is C31H22N4O2S. The Morgan fingerprint density at radius 1 is 0.816 bits per heavy atom. The van der Waals surface area contributed by atoms with E-state index in [1.807, 2.05) is 66.7 Å². The van der Waals surface area contributed by atoms with Gasteiger partial charge in [-0.3, -0.25) is 14.2 Å². The molecule has 0 saturated carbocycles. The van der Waals surface area contributed by atoms with E-state index in [1.165, 1.54) is 11.8 Å². The monoisotopic (exact) mass is 514 g/mol. The van der Waals surface area contributed by atoms with Gasteiger partial charge < -0.3 is 0 Å². The molecule has 0 unspecified atom stereocenters. The molecule has 7 heteroatoms. The largest absolute Gasteiger partial charge is 0.272 e. The Morgan fingerprint density at radius 3 is 2.13 bits per heavy atom. The zero-order valence-corrected chi connectivity index (χ0v) is 21.1. The molecular weight excluding hydrogens is 492 g/mol. The molecule has 6 rings (SSSR count). The molecule has 6 nitrogen and oxygen atoms in total. The summed E-state index contributed by atoms with van der Waals surface area (Å²) in [5.74, 6) is -0.247. The predicted octanol–water partition coefficient (Wildman–Crippen LogP) is 5.93. The molecule has 0 saturated heterocycles. The molecule has 184 valence electrons. The fourth-order valence-corrected chi connectivity index (χ4v) is 5.34. The van der Waals surface area contributed by atoms with Gasteiger partial charge in [-0.2, -0.15) is 5.10 Å². The van der Waals surface area contributed by atoms with Gasteiger partial charge in [-0.05, 0) is 51.9 Å². The standard InChI is InChI=1S/C31H22N4O2S/c36-29(34-32-19-27-24-14-6-4-10-21(24)18-22-11-5-7-15-25(22)27)20-38-31-33-28-17-9-8-16-26(28)30(37)35(31)23-12-2-1-3-13-23/h1-19H,20H2,(H,34,36). The van der Waals surface area contributed by atoms with Crippen LogP contribution in [0.4, 0.5) is 0 Å². The number of carbonyl (C=O) groups is 1. The first-order valence-corrected chi connectivity index (χ1v) is 13.1. The third-order valence-corrected chi connectivity index (χ3v) is 7.23. The lowest BCUT2D eigenvalue weighted by Crippen LogP contribution is -2.24. The number of carbonyl (C=O) groups excluding carboxylic acids is 1. The summed E-state index contributed by atoms with van der Waals surface area (Å²) in [7, 11) is 0. The Bertz CT molecular complexity index is 1840. The number of hydrazone groups is 1. The molecule has 0 spiro atoms. The number of thioether (sulfide) groups is 1. The van der Waals surface area contributed by atoms with Gasteiger partial charge in [0.25, 0.3) is 11.5 Å². The van der Waals surface area contributed by atoms with Crippen LogP contribution in [0.25, 0.3) is 38.1 Å². The Morgan fingerprint density at radius 2 is 1.42 bits per heavy atom. The number of nitrogens with zero attached hydrogens (tertiary/aromatic N) is 3. The van der Waals surface area contributed by atoms with E-state index in [0.29, 0.717) is 21.7 Å². The quantitative estimate of drug-likeness (QED) is 0.0982. The molecule has 0 aliphatic rings. The van der Waals surface area contributed by atoms with Crippen molar-refractivity contribution in [1.82, 2.24) is 15.0 Å². The predicted molar refractivity (Wildman–Crippen MR) is 155 cm³/mol. The number of benzene rings is 5. The summed E-state index contributed by atoms with van der Waals surface area (Å²) in [6.45, 7) is 0. The van der Waals surface area contributed by atoms with Gasteiger partial charge in [0, 0.05) is 5.56 Å². The van der Waals surface area contributed by atoms with Crippen LogP contribution >= 0.6 is 11.8 Å². The molecule has 5 aromatic carbocycles. The average molecular weight is 515 g/mol. The highest BCUT2D eigenvalue weighted by Crippen LogP contribution is 2.27. The molecule has 1 amide bonds. The highest BCUT2D eigenvalue weighted by molar-refractivity contribution is 7.99. The maximum atomic E-state index is 13.3. The summed E-state index contributed by atoms with van der Waals surface area (Å²) in [5.41, 5.74) is 4.69. The Hall–Kier alpha value is -4.75. The van der Waals surface area contributed by atoms with E-state index in [-0.39, 0.29) is 17.2 Å². The van der Waals surface area contributed by atoms with Crippen molar-refractivity contribution in [3.63, 3.8) is 0 Å². The minimum Gasteiger partial charge on any atom is -0.272 e. The number of nitrogens with one attached hydrogen (secondary N) is 1. The molecule has 0 aliphatic heterocycles. The van der Waals surface area contributed by atoms with E-state index in [2.05, 4.69) is 45.8 Å². The Balaban J connectivity index is 1.26. The minimum absolute atomic E-state index is 0.0469. The van der Waals surface area contributed by atoms with E-state index in [9.17, 15) is 9.59 Å². The zero-order valence-electron chi connectivity index (χ0n) is 20.2. The summed E-state index contributed by atoms with van der Waals surface area (Å²) in [4.78, 5) is 30.8. The highest BCUT2D eigenvalue weighted by atomic mass is 32.2. The third-order valence-electron chi connectivity index (χ3n) is 6.29. The molecule has 0 radical (unpaired) electrons. The van der Waals surface area contributed by atoms with E-state index in [1.54, 1.807) is 22.9 Å². The summed E-state index contributed by atoms with van der Waals surface area (Å²) in [5, 5.41) is 9.58. The van der Waals surface area contributed by atoms with Crippen LogP contribution < -0.4 is 11.0 Å². The summed E-state index contributed by atoms with van der Waals surface area (Å²) in [6.07, 6.45) is 1.70. The van der Waals surface area contributed by atoms with Gasteiger partial charge >= 0.3 is 0 Å². The van der Waals surface area contributed by atoms with E-state index in [4.69, 9.17) is 0 Å². The third kappa shape index (κ3) is 4.55. The first-order chi connectivity index (χ1) is 18.7. The molecule has 0 atom stereocenters. The van der Waals surface area contributed by atoms with Crippen molar-refractivity contribution in [2.75, 3.05) is 5.75 Å². The smallest absolute Gasteiger partial charge is 0.266 e. The van der Waals surface area contributed by atoms with Crippen molar-refractivity contribution in [3.8, 4) is 5.69 Å². The lowest BCUT2D eigenvalue weighted by atomic mass is 9.97. The number of fused-ring (bicyclic) bond motifs is 3. The van der Waals surface area contributed by atoms with Gasteiger partial charge in [-0.15, -0.1) is 0 Å². The van der Waals surface area contributed by atoms with Gasteiger partial charge in [0.2, 0.25) is 0 Å². The molecule has 0 bridgehead atoms. The maximum absolute atomic E-state index is 13.3. The SMILES string of the molecule is O=C(CSc1nc2ccccc2c(=O)n1-c1ccccc1)NN=Cc1c2ccccc2cc2ccccc12. The van der Waals surface area contributed by atoms with Crippen LogP contribution in [-0.2, 0) is 4.79 Å². The summed E-state index contributed by atoms with van der Waals surface area (Å²) in [6, 6.07) is 34.9. The van der Waals surface area contributed by atoms with Gasteiger partial charge in [-0.1, -0.05) is 90.6 Å². The molecule has 1 N–H and O–H groups in total.